The lowest BCUT2D eigenvalue weighted by Gasteiger charge is -2.37. The van der Waals surface area contributed by atoms with E-state index >= 15 is 0 Å². The van der Waals surface area contributed by atoms with Crippen molar-refractivity contribution in [3.63, 3.8) is 0 Å². The van der Waals surface area contributed by atoms with Crippen LogP contribution in [0.15, 0.2) is 24.3 Å². The molecule has 0 heteroatoms. The molecule has 0 saturated carbocycles. The highest BCUT2D eigenvalue weighted by atomic mass is 14.4. The molecule has 0 N–H and O–H groups in total. The van der Waals surface area contributed by atoms with Crippen molar-refractivity contribution in [1.82, 2.24) is 0 Å². The highest BCUT2D eigenvalue weighted by Crippen LogP contribution is 2.44. The van der Waals surface area contributed by atoms with Crippen LogP contribution in [0.4, 0.5) is 0 Å². The Morgan fingerprint density at radius 1 is 1.00 bits per heavy atom. The van der Waals surface area contributed by atoms with Gasteiger partial charge >= 0.3 is 0 Å². The maximum atomic E-state index is 2.30. The molecular formula is C7H8. The van der Waals surface area contributed by atoms with E-state index in [2.05, 4.69) is 24.3 Å². The van der Waals surface area contributed by atoms with Crippen LogP contribution < -0.4 is 0 Å². The third-order valence-electron chi connectivity index (χ3n) is 1.90. The zero-order valence-electron chi connectivity index (χ0n) is 4.22. The van der Waals surface area contributed by atoms with Crippen molar-refractivity contribution in [3.8, 4) is 0 Å². The maximum Gasteiger partial charge on any atom is 0.0130 e. The lowest BCUT2D eigenvalue weighted by atomic mass is 9.67. The summed E-state index contributed by atoms with van der Waals surface area (Å²) in [5, 5.41) is 0. The van der Waals surface area contributed by atoms with Gasteiger partial charge in [0, 0.05) is 5.41 Å². The van der Waals surface area contributed by atoms with Gasteiger partial charge in [-0.3, -0.25) is 0 Å². The quantitative estimate of drug-likeness (QED) is 0.400. The van der Waals surface area contributed by atoms with Crippen LogP contribution in [-0.4, -0.2) is 0 Å². The van der Waals surface area contributed by atoms with Crippen molar-refractivity contribution in [3.05, 3.63) is 24.3 Å². The molecule has 0 saturated heterocycles. The van der Waals surface area contributed by atoms with Gasteiger partial charge in [-0.1, -0.05) is 24.3 Å². The summed E-state index contributed by atoms with van der Waals surface area (Å²) < 4.78 is 0. The van der Waals surface area contributed by atoms with Crippen molar-refractivity contribution in [2.24, 2.45) is 5.41 Å². The monoisotopic (exact) mass is 92.1 g/mol. The zero-order chi connectivity index (χ0) is 4.74. The second kappa shape index (κ2) is 0.835. The fraction of sp³-hybridized carbons (Fsp3) is 0.429. The van der Waals surface area contributed by atoms with E-state index in [1.165, 1.54) is 12.8 Å². The van der Waals surface area contributed by atoms with Gasteiger partial charge in [0.2, 0.25) is 0 Å². The molecule has 0 radical (unpaired) electrons. The predicted octanol–water partition coefficient (Wildman–Crippen LogP) is 1.89. The Bertz CT molecular complexity index is 122. The van der Waals surface area contributed by atoms with E-state index in [1.54, 1.807) is 0 Å². The Balaban J connectivity index is 2.32. The molecule has 0 nitrogen and oxygen atoms in total. The highest BCUT2D eigenvalue weighted by molar-refractivity contribution is 5.29. The van der Waals surface area contributed by atoms with Crippen LogP contribution in [-0.2, 0) is 0 Å². The third kappa shape index (κ3) is 0.277. The van der Waals surface area contributed by atoms with Gasteiger partial charge in [0.1, 0.15) is 0 Å². The maximum absolute atomic E-state index is 2.30. The fourth-order valence-corrected chi connectivity index (χ4v) is 1.12. The van der Waals surface area contributed by atoms with Gasteiger partial charge in [-0.25, -0.2) is 0 Å². The Hall–Kier alpha value is -0.520. The number of allylic oxidation sites excluding steroid dienone is 4. The van der Waals surface area contributed by atoms with E-state index in [1.807, 2.05) is 0 Å². The number of hydrogen-bond donors (Lipinski definition) is 0. The van der Waals surface area contributed by atoms with Crippen molar-refractivity contribution in [1.29, 1.82) is 0 Å². The van der Waals surface area contributed by atoms with E-state index in [0.717, 1.165) is 0 Å². The standard InChI is InChI=1S/C7H8/c1-3-7(4-1)5-2-6-7/h1-3,5H,4,6H2. The second-order valence-corrected chi connectivity index (χ2v) is 2.45. The van der Waals surface area contributed by atoms with Crippen molar-refractivity contribution < 1.29 is 0 Å². The lowest BCUT2D eigenvalue weighted by Crippen LogP contribution is -2.24. The van der Waals surface area contributed by atoms with Gasteiger partial charge in [0.25, 0.3) is 0 Å². The van der Waals surface area contributed by atoms with Gasteiger partial charge in [0.15, 0.2) is 0 Å². The predicted molar refractivity (Wildman–Crippen MR) is 29.9 cm³/mol. The van der Waals surface area contributed by atoms with Crippen LogP contribution in [0.5, 0.6) is 0 Å². The SMILES string of the molecule is C1=CC2(C=CC2)C1. The van der Waals surface area contributed by atoms with Crippen LogP contribution >= 0.6 is 0 Å². The topological polar surface area (TPSA) is 0 Å². The molecule has 2 aliphatic carbocycles. The summed E-state index contributed by atoms with van der Waals surface area (Å²) >= 11 is 0. The first-order chi connectivity index (χ1) is 3.41. The Labute approximate surface area is 43.5 Å². The lowest BCUT2D eigenvalue weighted by molar-refractivity contribution is 0.420. The summed E-state index contributed by atoms with van der Waals surface area (Å²) in [6.45, 7) is 0. The van der Waals surface area contributed by atoms with Crippen LogP contribution in [0, 0.1) is 5.41 Å². The Morgan fingerprint density at radius 2 is 1.43 bits per heavy atom. The Kier molecular flexibility index (Phi) is 0.415. The fourth-order valence-electron chi connectivity index (χ4n) is 1.12. The van der Waals surface area contributed by atoms with Gasteiger partial charge < -0.3 is 0 Å². The van der Waals surface area contributed by atoms with Crippen molar-refractivity contribution >= 4 is 0 Å². The first-order valence-electron chi connectivity index (χ1n) is 2.77. The summed E-state index contributed by atoms with van der Waals surface area (Å²) in [4.78, 5) is 0. The second-order valence-electron chi connectivity index (χ2n) is 2.45. The summed E-state index contributed by atoms with van der Waals surface area (Å²) in [6, 6.07) is 0. The van der Waals surface area contributed by atoms with Crippen LogP contribution in [0.2, 0.25) is 0 Å². The van der Waals surface area contributed by atoms with Gasteiger partial charge in [-0.2, -0.15) is 0 Å². The average molecular weight is 92.1 g/mol. The summed E-state index contributed by atoms with van der Waals surface area (Å²) in [6.07, 6.45) is 11.7. The molecule has 2 rings (SSSR count). The van der Waals surface area contributed by atoms with E-state index in [0.29, 0.717) is 5.41 Å². The highest BCUT2D eigenvalue weighted by Gasteiger charge is 2.31. The minimum Gasteiger partial charge on any atom is -0.0865 e. The summed E-state index contributed by atoms with van der Waals surface area (Å²) in [5.41, 5.74) is 0.583. The number of rotatable bonds is 0. The smallest absolute Gasteiger partial charge is 0.0130 e. The van der Waals surface area contributed by atoms with E-state index < -0.39 is 0 Å². The molecular weight excluding hydrogens is 84.1 g/mol. The zero-order valence-corrected chi connectivity index (χ0v) is 4.22. The van der Waals surface area contributed by atoms with Gasteiger partial charge in [-0.15, -0.1) is 0 Å². The molecule has 36 valence electrons. The molecule has 0 amide bonds. The molecule has 0 unspecified atom stereocenters. The molecule has 1 spiro atoms. The normalized spacial score (nSPS) is 29.7. The first-order valence-corrected chi connectivity index (χ1v) is 2.77. The van der Waals surface area contributed by atoms with E-state index in [-0.39, 0.29) is 0 Å². The molecule has 7 heavy (non-hydrogen) atoms. The van der Waals surface area contributed by atoms with Gasteiger partial charge in [0.05, 0.1) is 0 Å². The van der Waals surface area contributed by atoms with Crippen LogP contribution in [0.25, 0.3) is 0 Å². The molecule has 0 fully saturated rings. The summed E-state index contributed by atoms with van der Waals surface area (Å²) in [7, 11) is 0. The molecule has 2 aliphatic rings. The number of hydrogen-bond acceptors (Lipinski definition) is 0. The van der Waals surface area contributed by atoms with Crippen molar-refractivity contribution in [2.75, 3.05) is 0 Å². The van der Waals surface area contributed by atoms with Crippen LogP contribution in [0.1, 0.15) is 12.8 Å². The summed E-state index contributed by atoms with van der Waals surface area (Å²) in [5.74, 6) is 0. The minimum atomic E-state index is 0.583. The molecule has 0 aromatic carbocycles. The Morgan fingerprint density at radius 3 is 1.43 bits per heavy atom. The molecule has 0 aliphatic heterocycles. The third-order valence-corrected chi connectivity index (χ3v) is 1.90. The molecule has 0 atom stereocenters. The van der Waals surface area contributed by atoms with E-state index in [4.69, 9.17) is 0 Å². The molecule has 0 aromatic rings. The van der Waals surface area contributed by atoms with Crippen molar-refractivity contribution in [2.45, 2.75) is 12.8 Å². The first kappa shape index (κ1) is 3.48. The van der Waals surface area contributed by atoms with Gasteiger partial charge in [-0.05, 0) is 12.8 Å². The molecule has 0 bridgehead atoms. The average Bonchev–Trinajstić information content (AvgIpc) is 1.20. The van der Waals surface area contributed by atoms with Crippen LogP contribution in [0.3, 0.4) is 0 Å². The molecule has 0 aromatic heterocycles. The largest absolute Gasteiger partial charge is 0.0865 e. The minimum absolute atomic E-state index is 0.583. The molecule has 0 heterocycles. The van der Waals surface area contributed by atoms with E-state index in [9.17, 15) is 0 Å².